The first-order valence-corrected chi connectivity index (χ1v) is 18.5. The molecule has 8 rings (SSSR count). The van der Waals surface area contributed by atoms with Crippen molar-refractivity contribution in [1.82, 2.24) is 4.98 Å². The Balaban J connectivity index is 0.000000246. The van der Waals surface area contributed by atoms with Gasteiger partial charge >= 0.3 is 0 Å². The van der Waals surface area contributed by atoms with Gasteiger partial charge in [0.25, 0.3) is 0 Å². The Kier molecular flexibility index (Phi) is 12.8. The maximum Gasteiger partial charge on any atom is 0.228 e. The number of nitrogens with zero attached hydrogens (tertiary/aromatic N) is 2. The molecular formula is C44H15BF20N2O. The molecule has 0 amide bonds. The van der Waals surface area contributed by atoms with E-state index in [4.69, 9.17) is 0 Å². The second-order valence-corrected chi connectivity index (χ2v) is 14.3. The molecule has 1 aromatic heterocycles. The summed E-state index contributed by atoms with van der Waals surface area (Å²) >= 11 is 0. The van der Waals surface area contributed by atoms with Crippen LogP contribution in [0.1, 0.15) is 10.4 Å². The smallest absolute Gasteiger partial charge is 0.228 e. The van der Waals surface area contributed by atoms with Gasteiger partial charge in [0.15, 0.2) is 82.2 Å². The number of hydrogen-bond donors (Lipinski definition) is 0. The number of halogens is 20. The van der Waals surface area contributed by atoms with E-state index in [1.165, 1.54) is 0 Å². The molecule has 0 spiro atoms. The van der Waals surface area contributed by atoms with Gasteiger partial charge in [-0.2, -0.15) is 4.57 Å². The number of aromatic nitrogens is 2. The van der Waals surface area contributed by atoms with Crippen LogP contribution in [0.3, 0.4) is 0 Å². The Bertz CT molecular complexity index is 2970. The van der Waals surface area contributed by atoms with Gasteiger partial charge in [-0.3, -0.25) is 9.78 Å². The summed E-state index contributed by atoms with van der Waals surface area (Å²) < 4.78 is 296. The summed E-state index contributed by atoms with van der Waals surface area (Å²) in [6.45, 7) is 0.306. The summed E-state index contributed by atoms with van der Waals surface area (Å²) in [5.74, 6) is -71.3. The minimum absolute atomic E-state index is 0.106. The van der Waals surface area contributed by atoms with Crippen molar-refractivity contribution in [2.75, 3.05) is 0 Å². The topological polar surface area (TPSA) is 33.8 Å². The van der Waals surface area contributed by atoms with Crippen molar-refractivity contribution in [1.29, 1.82) is 0 Å². The van der Waals surface area contributed by atoms with E-state index in [-0.39, 0.29) is 5.78 Å². The zero-order valence-electron chi connectivity index (χ0n) is 32.7. The number of Topliss-reactive ketones (excluding diaryl/α,β-unsaturated/α-hetero) is 1. The quantitative estimate of drug-likeness (QED) is 0.0304. The van der Waals surface area contributed by atoms with E-state index >= 15 is 35.1 Å². The van der Waals surface area contributed by atoms with E-state index < -0.39 is 144 Å². The Morgan fingerprint density at radius 3 is 0.912 bits per heavy atom. The van der Waals surface area contributed by atoms with Gasteiger partial charge in [0.1, 0.15) is 52.7 Å². The highest BCUT2D eigenvalue weighted by Crippen LogP contribution is 2.32. The largest absolute Gasteiger partial charge is 0.287 e. The van der Waals surface area contributed by atoms with Gasteiger partial charge in [-0.15, -0.1) is 21.9 Å². The Labute approximate surface area is 365 Å². The molecule has 0 unspecified atom stereocenters. The van der Waals surface area contributed by atoms with Crippen LogP contribution >= 0.6 is 0 Å². The lowest BCUT2D eigenvalue weighted by Crippen LogP contribution is -2.81. The normalized spacial score (nSPS) is 11.6. The van der Waals surface area contributed by atoms with Gasteiger partial charge in [0.2, 0.25) is 12.3 Å². The predicted octanol–water partition coefficient (Wildman–Crippen LogP) is 9.40. The zero-order chi connectivity index (χ0) is 50.0. The van der Waals surface area contributed by atoms with Crippen molar-refractivity contribution in [3.05, 3.63) is 201 Å². The standard InChI is InChI=1S/C24BF20.C20H15N2O/c26-5-1(6(27)14(35)21(42)13(5)34)25(2-7(28)15(36)22(43)16(37)8(2)29,3-9(30)17(38)23(44)18(39)10(3)31)4-11(32)19(40)24(45)20(41)12(4)33;23-19(14-22-11-9-21-10-12-22)20-17-7-3-1-5-15(17)13-16-6-2-4-8-18(16)20/h;1-13H,14H2/q-1;+1. The number of hydrogen-bond acceptors (Lipinski definition) is 2. The molecule has 0 bridgehead atoms. The molecule has 0 radical (unpaired) electrons. The number of ketones is 1. The fraction of sp³-hybridized carbons (Fsp3) is 0.0227. The molecule has 68 heavy (non-hydrogen) atoms. The Morgan fingerprint density at radius 2 is 0.632 bits per heavy atom. The van der Waals surface area contributed by atoms with Gasteiger partial charge in [-0.1, -0.05) is 48.5 Å². The summed E-state index contributed by atoms with van der Waals surface area (Å²) in [6, 6.07) is 18.3. The molecule has 0 aliphatic carbocycles. The molecule has 0 aliphatic rings. The highest BCUT2D eigenvalue weighted by atomic mass is 19.2. The Hall–Kier alpha value is -7.53. The molecule has 350 valence electrons. The molecule has 7 aromatic carbocycles. The van der Waals surface area contributed by atoms with Crippen molar-refractivity contribution in [3.63, 3.8) is 0 Å². The highest BCUT2D eigenvalue weighted by Gasteiger charge is 2.52. The number of carbonyl (C=O) groups excluding carboxylic acids is 1. The van der Waals surface area contributed by atoms with E-state index in [0.29, 0.717) is 6.54 Å². The molecular weight excluding hydrogens is 963 g/mol. The van der Waals surface area contributed by atoms with E-state index in [2.05, 4.69) is 23.2 Å². The van der Waals surface area contributed by atoms with Crippen molar-refractivity contribution < 1.29 is 97.2 Å². The van der Waals surface area contributed by atoms with Crippen molar-refractivity contribution >= 4 is 55.3 Å². The van der Waals surface area contributed by atoms with Crippen molar-refractivity contribution in [2.45, 2.75) is 6.54 Å². The lowest BCUT2D eigenvalue weighted by Gasteiger charge is -2.44. The number of carbonyl (C=O) groups is 1. The maximum atomic E-state index is 15.4. The first-order chi connectivity index (χ1) is 32.0. The fourth-order valence-corrected chi connectivity index (χ4v) is 7.89. The van der Waals surface area contributed by atoms with E-state index in [9.17, 15) is 57.5 Å². The van der Waals surface area contributed by atoms with Gasteiger partial charge in [0.05, 0.1) is 12.4 Å². The molecule has 24 heteroatoms. The van der Waals surface area contributed by atoms with Crippen LogP contribution in [0, 0.1) is 116 Å². The molecule has 0 saturated heterocycles. The first-order valence-electron chi connectivity index (χ1n) is 18.5. The van der Waals surface area contributed by atoms with Gasteiger partial charge in [-0.05, 0) is 27.6 Å². The van der Waals surface area contributed by atoms with E-state index in [1.807, 2.05) is 53.4 Å². The van der Waals surface area contributed by atoms with Gasteiger partial charge in [-0.25, -0.2) is 87.8 Å². The molecule has 8 aromatic rings. The van der Waals surface area contributed by atoms with Crippen LogP contribution in [0.25, 0.3) is 21.5 Å². The third kappa shape index (κ3) is 7.32. The summed E-state index contributed by atoms with van der Waals surface area (Å²) in [6.07, 6.45) is -0.218. The highest BCUT2D eigenvalue weighted by molar-refractivity contribution is 7.20. The van der Waals surface area contributed by atoms with Crippen LogP contribution < -0.4 is 26.4 Å². The van der Waals surface area contributed by atoms with Gasteiger partial charge < -0.3 is 0 Å². The SMILES string of the molecule is Fc1c(F)c(F)c([B-](c2c(F)c(F)c(F)c(F)c2F)(c2c(F)c(F)c(F)c(F)c2F)c2c(F)c(F)c(F)c(F)c2F)c(F)c1F.O=C(C[n+]1ccncc1)c1c2ccccc2cc2ccccc12. The van der Waals surface area contributed by atoms with Crippen LogP contribution in [0.5, 0.6) is 0 Å². The number of fused-ring (bicyclic) bond motifs is 2. The molecule has 0 aliphatic heterocycles. The number of benzene rings is 7. The molecule has 0 saturated carbocycles. The molecule has 3 nitrogen and oxygen atoms in total. The van der Waals surface area contributed by atoms with E-state index in [0.717, 1.165) is 27.1 Å². The summed E-state index contributed by atoms with van der Waals surface area (Å²) in [7, 11) is 0. The summed E-state index contributed by atoms with van der Waals surface area (Å²) in [5, 5.41) is 4.19. The van der Waals surface area contributed by atoms with Crippen molar-refractivity contribution in [2.24, 2.45) is 0 Å². The van der Waals surface area contributed by atoms with Gasteiger partial charge in [0, 0.05) is 5.56 Å². The molecule has 0 N–H and O–H groups in total. The second kappa shape index (κ2) is 17.9. The Morgan fingerprint density at radius 1 is 0.382 bits per heavy atom. The summed E-state index contributed by atoms with van der Waals surface area (Å²) in [5.41, 5.74) is -13.5. The molecule has 0 fully saturated rings. The van der Waals surface area contributed by atoms with Crippen LogP contribution in [-0.4, -0.2) is 16.9 Å². The molecule has 0 atom stereocenters. The maximum absolute atomic E-state index is 15.4. The average molecular weight is 978 g/mol. The lowest BCUT2D eigenvalue weighted by molar-refractivity contribution is -0.683. The third-order valence-corrected chi connectivity index (χ3v) is 10.8. The lowest BCUT2D eigenvalue weighted by atomic mass is 9.12. The number of rotatable bonds is 7. The van der Waals surface area contributed by atoms with E-state index in [1.54, 1.807) is 12.4 Å². The third-order valence-electron chi connectivity index (χ3n) is 10.8. The van der Waals surface area contributed by atoms with Crippen LogP contribution in [0.15, 0.2) is 79.4 Å². The summed E-state index contributed by atoms with van der Waals surface area (Å²) in [4.78, 5) is 17.0. The van der Waals surface area contributed by atoms with Crippen molar-refractivity contribution in [3.8, 4) is 0 Å². The van der Waals surface area contributed by atoms with Crippen LogP contribution in [0.4, 0.5) is 87.8 Å². The molecule has 1 heterocycles. The predicted molar refractivity (Wildman–Crippen MR) is 199 cm³/mol. The minimum atomic E-state index is -7.22. The monoisotopic (exact) mass is 978 g/mol. The van der Waals surface area contributed by atoms with Crippen LogP contribution in [0.2, 0.25) is 0 Å². The minimum Gasteiger partial charge on any atom is -0.287 e. The van der Waals surface area contributed by atoms with Crippen LogP contribution in [-0.2, 0) is 6.54 Å². The first kappa shape index (κ1) is 48.4. The second-order valence-electron chi connectivity index (χ2n) is 14.3. The fourth-order valence-electron chi connectivity index (χ4n) is 7.89. The average Bonchev–Trinajstić information content (AvgIpc) is 3.33. The zero-order valence-corrected chi connectivity index (χ0v) is 32.7.